The lowest BCUT2D eigenvalue weighted by Crippen LogP contribution is -2.02. The third-order valence-electron chi connectivity index (χ3n) is 2.92. The van der Waals surface area contributed by atoms with Crippen molar-refractivity contribution in [1.82, 2.24) is 15.0 Å². The van der Waals surface area contributed by atoms with Crippen LogP contribution in [0.2, 0.25) is 0 Å². The second-order valence-electron chi connectivity index (χ2n) is 4.41. The van der Waals surface area contributed by atoms with Crippen LogP contribution in [0.25, 0.3) is 5.69 Å². The Labute approximate surface area is 107 Å². The standard InChI is InChI=1S/C14H19N3O/c1-2-3-5-10-14(18)13-11-15-17(16-13)12-8-6-4-7-9-12/h4,6-9,11,14,18H,2-3,5,10H2,1H3. The van der Waals surface area contributed by atoms with E-state index in [4.69, 9.17) is 0 Å². The summed E-state index contributed by atoms with van der Waals surface area (Å²) in [5.41, 5.74) is 1.56. The first-order valence-electron chi connectivity index (χ1n) is 6.47. The molecule has 1 aromatic heterocycles. The minimum Gasteiger partial charge on any atom is -0.387 e. The lowest BCUT2D eigenvalue weighted by molar-refractivity contribution is 0.158. The monoisotopic (exact) mass is 245 g/mol. The van der Waals surface area contributed by atoms with Crippen molar-refractivity contribution in [2.45, 2.75) is 38.7 Å². The highest BCUT2D eigenvalue weighted by molar-refractivity contribution is 5.28. The third-order valence-corrected chi connectivity index (χ3v) is 2.92. The topological polar surface area (TPSA) is 50.9 Å². The van der Waals surface area contributed by atoms with Crippen molar-refractivity contribution in [3.05, 3.63) is 42.2 Å². The van der Waals surface area contributed by atoms with E-state index in [0.717, 1.165) is 31.4 Å². The molecule has 0 radical (unpaired) electrons. The molecule has 1 N–H and O–H groups in total. The van der Waals surface area contributed by atoms with E-state index in [2.05, 4.69) is 17.1 Å². The maximum absolute atomic E-state index is 9.99. The lowest BCUT2D eigenvalue weighted by atomic mass is 10.1. The summed E-state index contributed by atoms with van der Waals surface area (Å²) in [6, 6.07) is 9.71. The summed E-state index contributed by atoms with van der Waals surface area (Å²) >= 11 is 0. The molecule has 0 aliphatic heterocycles. The van der Waals surface area contributed by atoms with E-state index in [1.807, 2.05) is 30.3 Å². The van der Waals surface area contributed by atoms with Gasteiger partial charge in [0.25, 0.3) is 0 Å². The third kappa shape index (κ3) is 3.17. The first-order valence-corrected chi connectivity index (χ1v) is 6.47. The van der Waals surface area contributed by atoms with Crippen molar-refractivity contribution < 1.29 is 5.11 Å². The summed E-state index contributed by atoms with van der Waals surface area (Å²) in [6.45, 7) is 2.15. The average molecular weight is 245 g/mol. The van der Waals surface area contributed by atoms with E-state index in [1.54, 1.807) is 11.0 Å². The molecule has 1 aromatic carbocycles. The van der Waals surface area contributed by atoms with Crippen molar-refractivity contribution in [3.8, 4) is 5.69 Å². The van der Waals surface area contributed by atoms with Crippen molar-refractivity contribution in [2.75, 3.05) is 0 Å². The van der Waals surface area contributed by atoms with Crippen LogP contribution in [0.5, 0.6) is 0 Å². The molecular formula is C14H19N3O. The van der Waals surface area contributed by atoms with Gasteiger partial charge in [-0.3, -0.25) is 0 Å². The summed E-state index contributed by atoms with van der Waals surface area (Å²) in [6.07, 6.45) is 5.21. The Hall–Kier alpha value is -1.68. The molecule has 0 saturated heterocycles. The molecule has 1 unspecified atom stereocenters. The van der Waals surface area contributed by atoms with Crippen LogP contribution in [0, 0.1) is 0 Å². The highest BCUT2D eigenvalue weighted by Crippen LogP contribution is 2.17. The molecule has 0 aliphatic rings. The van der Waals surface area contributed by atoms with Crippen molar-refractivity contribution >= 4 is 0 Å². The van der Waals surface area contributed by atoms with Gasteiger partial charge < -0.3 is 5.11 Å². The van der Waals surface area contributed by atoms with Crippen LogP contribution in [0.3, 0.4) is 0 Å². The maximum atomic E-state index is 9.99. The molecule has 0 bridgehead atoms. The fraction of sp³-hybridized carbons (Fsp3) is 0.429. The number of nitrogens with zero attached hydrogens (tertiary/aromatic N) is 3. The second kappa shape index (κ2) is 6.31. The summed E-state index contributed by atoms with van der Waals surface area (Å²) in [5, 5.41) is 18.5. The number of para-hydroxylation sites is 1. The zero-order valence-electron chi connectivity index (χ0n) is 10.7. The van der Waals surface area contributed by atoms with E-state index in [0.29, 0.717) is 5.69 Å². The smallest absolute Gasteiger partial charge is 0.112 e. The number of hydrogen-bond acceptors (Lipinski definition) is 3. The van der Waals surface area contributed by atoms with E-state index < -0.39 is 6.10 Å². The van der Waals surface area contributed by atoms with Gasteiger partial charge in [-0.25, -0.2) is 0 Å². The van der Waals surface area contributed by atoms with Crippen LogP contribution in [-0.4, -0.2) is 20.1 Å². The van der Waals surface area contributed by atoms with Gasteiger partial charge in [-0.05, 0) is 18.6 Å². The molecule has 96 valence electrons. The molecule has 0 amide bonds. The Morgan fingerprint density at radius 1 is 1.22 bits per heavy atom. The number of aliphatic hydroxyl groups excluding tert-OH is 1. The van der Waals surface area contributed by atoms with Crippen LogP contribution in [-0.2, 0) is 0 Å². The van der Waals surface area contributed by atoms with Crippen LogP contribution < -0.4 is 0 Å². The predicted molar refractivity (Wildman–Crippen MR) is 70.5 cm³/mol. The summed E-state index contributed by atoms with van der Waals surface area (Å²) in [5.74, 6) is 0. The van der Waals surface area contributed by atoms with Gasteiger partial charge in [0.15, 0.2) is 0 Å². The zero-order valence-corrected chi connectivity index (χ0v) is 10.7. The van der Waals surface area contributed by atoms with E-state index in [9.17, 15) is 5.11 Å². The minimum absolute atomic E-state index is 0.506. The molecule has 0 aliphatic carbocycles. The highest BCUT2D eigenvalue weighted by Gasteiger charge is 2.11. The van der Waals surface area contributed by atoms with Gasteiger partial charge in [-0.15, -0.1) is 0 Å². The molecule has 2 aromatic rings. The first kappa shape index (κ1) is 12.8. The molecule has 4 heteroatoms. The number of aromatic nitrogens is 3. The molecule has 4 nitrogen and oxygen atoms in total. The lowest BCUT2D eigenvalue weighted by Gasteiger charge is -2.05. The first-order chi connectivity index (χ1) is 8.81. The Bertz CT molecular complexity index is 467. The van der Waals surface area contributed by atoms with Crippen molar-refractivity contribution in [2.24, 2.45) is 0 Å². The molecule has 0 saturated carbocycles. The molecule has 1 atom stereocenters. The molecule has 1 heterocycles. The van der Waals surface area contributed by atoms with Gasteiger partial charge in [0.05, 0.1) is 18.0 Å². The number of aliphatic hydroxyl groups is 1. The van der Waals surface area contributed by atoms with Crippen LogP contribution >= 0.6 is 0 Å². The number of rotatable bonds is 6. The van der Waals surface area contributed by atoms with E-state index >= 15 is 0 Å². The fourth-order valence-corrected chi connectivity index (χ4v) is 1.85. The quantitative estimate of drug-likeness (QED) is 0.796. The van der Waals surface area contributed by atoms with Crippen LogP contribution in [0.15, 0.2) is 36.5 Å². The number of unbranched alkanes of at least 4 members (excludes halogenated alkanes) is 2. The van der Waals surface area contributed by atoms with Crippen LogP contribution in [0.1, 0.15) is 44.4 Å². The summed E-state index contributed by atoms with van der Waals surface area (Å²) in [7, 11) is 0. The van der Waals surface area contributed by atoms with Gasteiger partial charge in [0.2, 0.25) is 0 Å². The Kier molecular flexibility index (Phi) is 4.47. The van der Waals surface area contributed by atoms with Gasteiger partial charge in [-0.1, -0.05) is 44.4 Å². The molecule has 2 rings (SSSR count). The minimum atomic E-state index is -0.506. The second-order valence-corrected chi connectivity index (χ2v) is 4.41. The largest absolute Gasteiger partial charge is 0.387 e. The molecule has 0 spiro atoms. The van der Waals surface area contributed by atoms with Gasteiger partial charge in [0.1, 0.15) is 5.69 Å². The van der Waals surface area contributed by atoms with Gasteiger partial charge >= 0.3 is 0 Å². The highest BCUT2D eigenvalue weighted by atomic mass is 16.3. The van der Waals surface area contributed by atoms with E-state index in [1.165, 1.54) is 0 Å². The SMILES string of the molecule is CCCCCC(O)c1cnn(-c2ccccc2)n1. The fourth-order valence-electron chi connectivity index (χ4n) is 1.85. The van der Waals surface area contributed by atoms with Gasteiger partial charge in [-0.2, -0.15) is 15.0 Å². The van der Waals surface area contributed by atoms with Crippen molar-refractivity contribution in [1.29, 1.82) is 0 Å². The Morgan fingerprint density at radius 2 is 2.00 bits per heavy atom. The molecule has 18 heavy (non-hydrogen) atoms. The maximum Gasteiger partial charge on any atom is 0.112 e. The molecule has 0 fully saturated rings. The summed E-state index contributed by atoms with van der Waals surface area (Å²) < 4.78 is 0. The summed E-state index contributed by atoms with van der Waals surface area (Å²) in [4.78, 5) is 1.55. The average Bonchev–Trinajstić information content (AvgIpc) is 2.89. The Morgan fingerprint density at radius 3 is 2.72 bits per heavy atom. The van der Waals surface area contributed by atoms with Gasteiger partial charge in [0, 0.05) is 0 Å². The Balaban J connectivity index is 2.02. The molecular weight excluding hydrogens is 226 g/mol. The van der Waals surface area contributed by atoms with E-state index in [-0.39, 0.29) is 0 Å². The zero-order chi connectivity index (χ0) is 12.8. The van der Waals surface area contributed by atoms with Crippen LogP contribution in [0.4, 0.5) is 0 Å². The number of hydrogen-bond donors (Lipinski definition) is 1. The van der Waals surface area contributed by atoms with Crippen molar-refractivity contribution in [3.63, 3.8) is 0 Å². The normalized spacial score (nSPS) is 12.6. The number of benzene rings is 1. The predicted octanol–water partition coefficient (Wildman–Crippen LogP) is 2.88.